The van der Waals surface area contributed by atoms with E-state index in [1.807, 2.05) is 24.3 Å². The van der Waals surface area contributed by atoms with Gasteiger partial charge in [-0.3, -0.25) is 0 Å². The normalized spacial score (nSPS) is 18.5. The summed E-state index contributed by atoms with van der Waals surface area (Å²) in [4.78, 5) is 2.35. The third kappa shape index (κ3) is 3.69. The highest BCUT2D eigenvalue weighted by molar-refractivity contribution is 5.35. The predicted octanol–water partition coefficient (Wildman–Crippen LogP) is 1.81. The van der Waals surface area contributed by atoms with Gasteiger partial charge >= 0.3 is 0 Å². The van der Waals surface area contributed by atoms with Crippen molar-refractivity contribution in [3.63, 3.8) is 0 Å². The lowest BCUT2D eigenvalue weighted by Gasteiger charge is -2.33. The van der Waals surface area contributed by atoms with E-state index in [1.165, 1.54) is 0 Å². The molecule has 0 aliphatic carbocycles. The summed E-state index contributed by atoms with van der Waals surface area (Å²) in [7, 11) is 3.83. The minimum absolute atomic E-state index is 0.0241. The molecular weight excluding hydrogens is 240 g/mol. The van der Waals surface area contributed by atoms with Gasteiger partial charge in [-0.15, -0.1) is 0 Å². The number of para-hydroxylation sites is 1. The molecule has 0 aromatic heterocycles. The van der Waals surface area contributed by atoms with E-state index in [9.17, 15) is 0 Å². The van der Waals surface area contributed by atoms with Gasteiger partial charge in [0.05, 0.1) is 7.11 Å². The number of nitrogens with zero attached hydrogens (tertiary/aromatic N) is 1. The van der Waals surface area contributed by atoms with Gasteiger partial charge in [0.1, 0.15) is 5.75 Å². The predicted molar refractivity (Wildman–Crippen MR) is 76.4 cm³/mol. The topological polar surface area (TPSA) is 47.7 Å². The molecule has 1 aromatic rings. The number of hydrogen-bond donors (Lipinski definition) is 1. The molecule has 106 valence electrons. The molecule has 1 atom stereocenters. The molecular formula is C15H24N2O2. The summed E-state index contributed by atoms with van der Waals surface area (Å²) in [5, 5.41) is 0. The molecule has 2 N–H and O–H groups in total. The molecule has 0 spiro atoms. The Balaban J connectivity index is 1.97. The average Bonchev–Trinajstić information content (AvgIpc) is 2.48. The lowest BCUT2D eigenvalue weighted by Crippen LogP contribution is -2.40. The van der Waals surface area contributed by atoms with Crippen LogP contribution >= 0.6 is 0 Å². The Hall–Kier alpha value is -1.10. The third-order valence-electron chi connectivity index (χ3n) is 3.84. The third-order valence-corrected chi connectivity index (χ3v) is 3.84. The van der Waals surface area contributed by atoms with Crippen molar-refractivity contribution in [3.05, 3.63) is 29.8 Å². The smallest absolute Gasteiger partial charge is 0.123 e. The zero-order valence-electron chi connectivity index (χ0n) is 11.8. The van der Waals surface area contributed by atoms with Crippen LogP contribution in [0.4, 0.5) is 0 Å². The number of benzene rings is 1. The van der Waals surface area contributed by atoms with Gasteiger partial charge in [0.25, 0.3) is 0 Å². The van der Waals surface area contributed by atoms with E-state index in [2.05, 4.69) is 11.9 Å². The Bertz CT molecular complexity index is 391. The summed E-state index contributed by atoms with van der Waals surface area (Å²) < 4.78 is 10.8. The fraction of sp³-hybridized carbons (Fsp3) is 0.600. The quantitative estimate of drug-likeness (QED) is 0.881. The first kappa shape index (κ1) is 14.3. The van der Waals surface area contributed by atoms with E-state index >= 15 is 0 Å². The summed E-state index contributed by atoms with van der Waals surface area (Å²) >= 11 is 0. The van der Waals surface area contributed by atoms with E-state index in [1.54, 1.807) is 7.11 Å². The summed E-state index contributed by atoms with van der Waals surface area (Å²) in [5.41, 5.74) is 7.40. The van der Waals surface area contributed by atoms with Crippen molar-refractivity contribution in [3.8, 4) is 5.75 Å². The minimum Gasteiger partial charge on any atom is -0.496 e. The van der Waals surface area contributed by atoms with Gasteiger partial charge in [0, 0.05) is 37.4 Å². The summed E-state index contributed by atoms with van der Waals surface area (Å²) in [6, 6.07) is 8.53. The van der Waals surface area contributed by atoms with Crippen molar-refractivity contribution < 1.29 is 9.47 Å². The lowest BCUT2D eigenvalue weighted by molar-refractivity contribution is 0.0413. The maximum atomic E-state index is 6.33. The van der Waals surface area contributed by atoms with Crippen molar-refractivity contribution in [2.24, 2.45) is 5.73 Å². The molecule has 1 heterocycles. The van der Waals surface area contributed by atoms with E-state index in [0.29, 0.717) is 6.04 Å². The van der Waals surface area contributed by atoms with Crippen LogP contribution in [0.1, 0.15) is 24.4 Å². The molecule has 0 amide bonds. The molecule has 4 heteroatoms. The van der Waals surface area contributed by atoms with Crippen LogP contribution in [0.2, 0.25) is 0 Å². The molecule has 4 nitrogen and oxygen atoms in total. The zero-order valence-corrected chi connectivity index (χ0v) is 11.8. The fourth-order valence-electron chi connectivity index (χ4n) is 2.66. The number of rotatable bonds is 5. The number of hydrogen-bond acceptors (Lipinski definition) is 4. The van der Waals surface area contributed by atoms with Gasteiger partial charge in [0.2, 0.25) is 0 Å². The van der Waals surface area contributed by atoms with Crippen LogP contribution in [0.25, 0.3) is 0 Å². The van der Waals surface area contributed by atoms with Crippen LogP contribution in [0.15, 0.2) is 24.3 Å². The Kier molecular flexibility index (Phi) is 5.19. The van der Waals surface area contributed by atoms with Gasteiger partial charge in [0.15, 0.2) is 0 Å². The second-order valence-electron chi connectivity index (χ2n) is 5.13. The molecule has 0 saturated carbocycles. The molecule has 1 aromatic carbocycles. The molecule has 1 aliphatic rings. The number of likely N-dealkylation sites (N-methyl/N-ethyl adjacent to an activating group) is 1. The standard InChI is InChI=1S/C15H24N2O2/c1-17(12-7-9-19-10-8-12)11-14(16)13-5-3-4-6-15(13)18-2/h3-6,12,14H,7-11,16H2,1-2H3. The molecule has 1 aliphatic heterocycles. The Labute approximate surface area is 115 Å². The van der Waals surface area contributed by atoms with Crippen molar-refractivity contribution in [2.75, 3.05) is 33.9 Å². The Morgan fingerprint density at radius 1 is 1.37 bits per heavy atom. The van der Waals surface area contributed by atoms with Gasteiger partial charge in [-0.05, 0) is 26.0 Å². The van der Waals surface area contributed by atoms with E-state index in [4.69, 9.17) is 15.2 Å². The van der Waals surface area contributed by atoms with Crippen LogP contribution in [0, 0.1) is 0 Å². The van der Waals surface area contributed by atoms with Gasteiger partial charge < -0.3 is 20.1 Å². The van der Waals surface area contributed by atoms with Crippen molar-refractivity contribution in [1.29, 1.82) is 0 Å². The first-order chi connectivity index (χ1) is 9.22. The number of methoxy groups -OCH3 is 1. The average molecular weight is 264 g/mol. The maximum Gasteiger partial charge on any atom is 0.123 e. The SMILES string of the molecule is COc1ccccc1C(N)CN(C)C1CCOCC1. The fourth-order valence-corrected chi connectivity index (χ4v) is 2.66. The van der Waals surface area contributed by atoms with Crippen LogP contribution in [0.3, 0.4) is 0 Å². The van der Waals surface area contributed by atoms with Crippen LogP contribution < -0.4 is 10.5 Å². The van der Waals surface area contributed by atoms with Crippen molar-refractivity contribution >= 4 is 0 Å². The first-order valence-corrected chi connectivity index (χ1v) is 6.89. The van der Waals surface area contributed by atoms with E-state index in [-0.39, 0.29) is 6.04 Å². The number of ether oxygens (including phenoxy) is 2. The summed E-state index contributed by atoms with van der Waals surface area (Å²) in [5.74, 6) is 0.871. The Morgan fingerprint density at radius 3 is 2.74 bits per heavy atom. The molecule has 1 saturated heterocycles. The minimum atomic E-state index is -0.0241. The van der Waals surface area contributed by atoms with Gasteiger partial charge in [-0.2, -0.15) is 0 Å². The Morgan fingerprint density at radius 2 is 2.05 bits per heavy atom. The highest BCUT2D eigenvalue weighted by Crippen LogP contribution is 2.24. The molecule has 2 rings (SSSR count). The first-order valence-electron chi connectivity index (χ1n) is 6.89. The molecule has 1 fully saturated rings. The number of nitrogens with two attached hydrogens (primary N) is 1. The van der Waals surface area contributed by atoms with Crippen LogP contribution in [-0.4, -0.2) is 44.9 Å². The van der Waals surface area contributed by atoms with E-state index in [0.717, 1.165) is 43.9 Å². The zero-order chi connectivity index (χ0) is 13.7. The van der Waals surface area contributed by atoms with Crippen molar-refractivity contribution in [1.82, 2.24) is 4.90 Å². The summed E-state index contributed by atoms with van der Waals surface area (Å²) in [6.07, 6.45) is 2.18. The molecule has 0 radical (unpaired) electrons. The summed E-state index contributed by atoms with van der Waals surface area (Å²) in [6.45, 7) is 2.56. The van der Waals surface area contributed by atoms with Gasteiger partial charge in [-0.25, -0.2) is 0 Å². The molecule has 0 bridgehead atoms. The van der Waals surface area contributed by atoms with E-state index < -0.39 is 0 Å². The lowest BCUT2D eigenvalue weighted by atomic mass is 10.0. The molecule has 1 unspecified atom stereocenters. The van der Waals surface area contributed by atoms with Gasteiger partial charge in [-0.1, -0.05) is 18.2 Å². The highest BCUT2D eigenvalue weighted by atomic mass is 16.5. The van der Waals surface area contributed by atoms with Crippen LogP contribution in [0.5, 0.6) is 5.75 Å². The maximum absolute atomic E-state index is 6.33. The van der Waals surface area contributed by atoms with Crippen molar-refractivity contribution in [2.45, 2.75) is 24.9 Å². The second kappa shape index (κ2) is 6.89. The second-order valence-corrected chi connectivity index (χ2v) is 5.13. The van der Waals surface area contributed by atoms with Crippen LogP contribution in [-0.2, 0) is 4.74 Å². The largest absolute Gasteiger partial charge is 0.496 e. The molecule has 19 heavy (non-hydrogen) atoms. The monoisotopic (exact) mass is 264 g/mol. The highest BCUT2D eigenvalue weighted by Gasteiger charge is 2.21.